The van der Waals surface area contributed by atoms with Crippen LogP contribution in [0.5, 0.6) is 5.75 Å². The number of carbonyl (C=O) groups is 1. The molecule has 8 nitrogen and oxygen atoms in total. The fraction of sp³-hybridized carbons (Fsp3) is 0.600. The number of aromatic nitrogens is 2. The van der Waals surface area contributed by atoms with Crippen LogP contribution in [0.4, 0.5) is 10.5 Å². The average molecular weight is 454 g/mol. The molecule has 33 heavy (non-hydrogen) atoms. The molecule has 2 fully saturated rings. The van der Waals surface area contributed by atoms with Gasteiger partial charge in [0.2, 0.25) is 0 Å². The van der Waals surface area contributed by atoms with E-state index in [1.54, 1.807) is 4.90 Å². The van der Waals surface area contributed by atoms with Crippen molar-refractivity contribution in [3.05, 3.63) is 30.1 Å². The highest BCUT2D eigenvalue weighted by Gasteiger charge is 2.32. The Morgan fingerprint density at radius 3 is 2.73 bits per heavy atom. The van der Waals surface area contributed by atoms with Gasteiger partial charge in [0.1, 0.15) is 5.75 Å². The Kier molecular flexibility index (Phi) is 6.55. The minimum atomic E-state index is -0.319. The van der Waals surface area contributed by atoms with Crippen LogP contribution in [0.25, 0.3) is 11.1 Å². The van der Waals surface area contributed by atoms with Crippen LogP contribution in [-0.4, -0.2) is 61.8 Å². The molecule has 0 unspecified atom stereocenters. The number of carbonyl (C=O) groups excluding carboxylic acids is 1. The lowest BCUT2D eigenvalue weighted by Crippen LogP contribution is -2.42. The number of anilines is 1. The molecular formula is C25H35N5O3. The van der Waals surface area contributed by atoms with E-state index >= 15 is 0 Å². The van der Waals surface area contributed by atoms with E-state index in [0.29, 0.717) is 18.6 Å². The van der Waals surface area contributed by atoms with Crippen molar-refractivity contribution >= 4 is 11.8 Å². The van der Waals surface area contributed by atoms with E-state index in [1.165, 1.54) is 7.11 Å². The van der Waals surface area contributed by atoms with Gasteiger partial charge in [0.25, 0.3) is 0 Å². The largest absolute Gasteiger partial charge is 0.492 e. The minimum absolute atomic E-state index is 0.0883. The molecule has 2 N–H and O–H groups in total. The molecule has 3 aliphatic heterocycles. The van der Waals surface area contributed by atoms with Crippen molar-refractivity contribution in [2.24, 2.45) is 5.92 Å². The fourth-order valence-corrected chi connectivity index (χ4v) is 5.38. The number of piperidine rings is 1. The molecule has 3 aliphatic rings. The topological polar surface area (TPSA) is 80.7 Å². The summed E-state index contributed by atoms with van der Waals surface area (Å²) >= 11 is 0. The molecule has 178 valence electrons. The van der Waals surface area contributed by atoms with E-state index in [-0.39, 0.29) is 12.1 Å². The third-order valence-electron chi connectivity index (χ3n) is 7.34. The van der Waals surface area contributed by atoms with Crippen LogP contribution in [0.3, 0.4) is 0 Å². The predicted molar refractivity (Wildman–Crippen MR) is 128 cm³/mol. The number of amides is 1. The van der Waals surface area contributed by atoms with E-state index in [4.69, 9.17) is 14.6 Å². The molecule has 2 aromatic rings. The zero-order chi connectivity index (χ0) is 22.8. The highest BCUT2D eigenvalue weighted by Crippen LogP contribution is 2.43. The summed E-state index contributed by atoms with van der Waals surface area (Å²) in [5, 5.41) is 11.6. The smallest absolute Gasteiger partial charge is 0.414 e. The van der Waals surface area contributed by atoms with Gasteiger partial charge in [-0.25, -0.2) is 4.79 Å². The molecule has 0 radical (unpaired) electrons. The molecule has 0 bridgehead atoms. The Morgan fingerprint density at radius 1 is 1.15 bits per heavy atom. The second-order valence-electron chi connectivity index (χ2n) is 9.53. The second-order valence-corrected chi connectivity index (χ2v) is 9.53. The number of ether oxygens (including phenoxy) is 2. The van der Waals surface area contributed by atoms with E-state index < -0.39 is 0 Å². The lowest BCUT2D eigenvalue weighted by molar-refractivity contribution is 0.175. The van der Waals surface area contributed by atoms with Crippen molar-refractivity contribution in [1.82, 2.24) is 20.4 Å². The quantitative estimate of drug-likeness (QED) is 0.723. The van der Waals surface area contributed by atoms with Crippen LogP contribution in [0.1, 0.15) is 44.2 Å². The SMILES string of the molecule is COC(=O)N1c2ccc(-c3cnn(C4CCNCC4)c3)c(OC[C@H]3CCNC3)c2CC[C@@H]1C. The molecule has 1 aromatic heterocycles. The van der Waals surface area contributed by atoms with Crippen LogP contribution >= 0.6 is 0 Å². The first kappa shape index (κ1) is 22.2. The molecule has 4 heterocycles. The van der Waals surface area contributed by atoms with Crippen molar-refractivity contribution in [3.63, 3.8) is 0 Å². The summed E-state index contributed by atoms with van der Waals surface area (Å²) in [6, 6.07) is 4.65. The number of nitrogens with zero attached hydrogens (tertiary/aromatic N) is 3. The number of hydrogen-bond acceptors (Lipinski definition) is 6. The van der Waals surface area contributed by atoms with Crippen molar-refractivity contribution < 1.29 is 14.3 Å². The average Bonchev–Trinajstić information content (AvgIpc) is 3.55. The van der Waals surface area contributed by atoms with Crippen LogP contribution in [-0.2, 0) is 11.2 Å². The van der Waals surface area contributed by atoms with E-state index in [9.17, 15) is 4.79 Å². The van der Waals surface area contributed by atoms with Crippen molar-refractivity contribution in [2.75, 3.05) is 44.8 Å². The summed E-state index contributed by atoms with van der Waals surface area (Å²) in [4.78, 5) is 14.4. The van der Waals surface area contributed by atoms with Crippen LogP contribution in [0.15, 0.2) is 24.5 Å². The van der Waals surface area contributed by atoms with Crippen LogP contribution in [0.2, 0.25) is 0 Å². The second kappa shape index (κ2) is 9.73. The minimum Gasteiger partial charge on any atom is -0.492 e. The fourth-order valence-electron chi connectivity index (χ4n) is 5.38. The van der Waals surface area contributed by atoms with Crippen LogP contribution < -0.4 is 20.3 Å². The van der Waals surface area contributed by atoms with Crippen LogP contribution in [0, 0.1) is 5.92 Å². The maximum absolute atomic E-state index is 12.6. The summed E-state index contributed by atoms with van der Waals surface area (Å²) in [6.07, 6.45) is 8.86. The lowest BCUT2D eigenvalue weighted by Gasteiger charge is -2.35. The Bertz CT molecular complexity index is 978. The van der Waals surface area contributed by atoms with Gasteiger partial charge in [0.15, 0.2) is 0 Å². The predicted octanol–water partition coefficient (Wildman–Crippen LogP) is 3.37. The highest BCUT2D eigenvalue weighted by atomic mass is 16.5. The van der Waals surface area contributed by atoms with Gasteiger partial charge in [0, 0.05) is 41.4 Å². The van der Waals surface area contributed by atoms with E-state index in [2.05, 4.69) is 34.5 Å². The first-order chi connectivity index (χ1) is 16.2. The Hall–Kier alpha value is -2.58. The molecule has 2 saturated heterocycles. The summed E-state index contributed by atoms with van der Waals surface area (Å²) in [5.41, 5.74) is 4.12. The number of nitrogens with one attached hydrogen (secondary N) is 2. The molecule has 0 spiro atoms. The lowest BCUT2D eigenvalue weighted by atomic mass is 9.92. The number of fused-ring (bicyclic) bond motifs is 1. The zero-order valence-corrected chi connectivity index (χ0v) is 19.7. The molecule has 5 rings (SSSR count). The van der Waals surface area contributed by atoms with Gasteiger partial charge in [-0.15, -0.1) is 0 Å². The molecule has 1 amide bonds. The summed E-state index contributed by atoms with van der Waals surface area (Å²) in [7, 11) is 1.44. The van der Waals surface area contributed by atoms with Gasteiger partial charge in [-0.2, -0.15) is 5.10 Å². The molecular weight excluding hydrogens is 418 g/mol. The summed E-state index contributed by atoms with van der Waals surface area (Å²) < 4.78 is 13.8. The number of hydrogen-bond donors (Lipinski definition) is 2. The van der Waals surface area contributed by atoms with Gasteiger partial charge < -0.3 is 20.1 Å². The molecule has 2 atom stereocenters. The first-order valence-corrected chi connectivity index (χ1v) is 12.3. The highest BCUT2D eigenvalue weighted by molar-refractivity contribution is 5.92. The van der Waals surface area contributed by atoms with Gasteiger partial charge in [-0.1, -0.05) is 0 Å². The van der Waals surface area contributed by atoms with Crippen molar-refractivity contribution in [1.29, 1.82) is 0 Å². The monoisotopic (exact) mass is 453 g/mol. The van der Waals surface area contributed by atoms with Gasteiger partial charge in [-0.3, -0.25) is 9.58 Å². The maximum atomic E-state index is 12.6. The van der Waals surface area contributed by atoms with Gasteiger partial charge >= 0.3 is 6.09 Å². The first-order valence-electron chi connectivity index (χ1n) is 12.3. The zero-order valence-electron chi connectivity index (χ0n) is 19.7. The molecule has 0 aliphatic carbocycles. The number of benzene rings is 1. The molecule has 1 aromatic carbocycles. The Labute approximate surface area is 195 Å². The number of methoxy groups -OCH3 is 1. The Balaban J connectivity index is 1.51. The Morgan fingerprint density at radius 2 is 1.97 bits per heavy atom. The van der Waals surface area contributed by atoms with Crippen molar-refractivity contribution in [3.8, 4) is 16.9 Å². The maximum Gasteiger partial charge on any atom is 0.414 e. The summed E-state index contributed by atoms with van der Waals surface area (Å²) in [5.74, 6) is 1.40. The standard InChI is InChI=1S/C25H35N5O3/c1-17-3-4-22-23(30(17)25(31)32-2)6-5-21(24(22)33-16-18-7-10-27-13-18)19-14-28-29(15-19)20-8-11-26-12-9-20/h5-6,14-15,17-18,20,26-27H,3-4,7-13,16H2,1-2H3/t17-,18-/m0/s1. The van der Waals surface area contributed by atoms with E-state index in [0.717, 1.165) is 86.4 Å². The summed E-state index contributed by atoms with van der Waals surface area (Å²) in [6.45, 7) is 6.84. The van der Waals surface area contributed by atoms with Gasteiger partial charge in [-0.05, 0) is 70.8 Å². The molecule has 8 heteroatoms. The van der Waals surface area contributed by atoms with Crippen molar-refractivity contribution in [2.45, 2.75) is 51.1 Å². The third-order valence-corrected chi connectivity index (χ3v) is 7.34. The third kappa shape index (κ3) is 4.46. The molecule has 0 saturated carbocycles. The normalized spacial score (nSPS) is 23.4. The van der Waals surface area contributed by atoms with E-state index in [1.807, 2.05) is 12.3 Å². The van der Waals surface area contributed by atoms with Gasteiger partial charge in [0.05, 0.1) is 31.6 Å². The number of rotatable bonds is 5.